The molecule has 1 unspecified atom stereocenters. The Bertz CT molecular complexity index is 2100. The van der Waals surface area contributed by atoms with Crippen molar-refractivity contribution in [3.63, 3.8) is 0 Å². The van der Waals surface area contributed by atoms with Gasteiger partial charge in [0.25, 0.3) is 21.8 Å². The monoisotopic (exact) mass is 741 g/mol. The number of imide groups is 1. The fraction of sp³-hybridized carbons (Fsp3) is 0.273. The molecule has 1 atom stereocenters. The Morgan fingerprint density at radius 2 is 1.69 bits per heavy atom. The van der Waals surface area contributed by atoms with E-state index in [1.807, 2.05) is 6.92 Å². The van der Waals surface area contributed by atoms with Crippen LogP contribution in [0, 0.1) is 18.0 Å². The Hall–Kier alpha value is -5.98. The molecular formula is C33H30F3N7O8S. The van der Waals surface area contributed by atoms with Gasteiger partial charge in [-0.25, -0.2) is 27.5 Å². The molecule has 52 heavy (non-hydrogen) atoms. The number of halogens is 3. The van der Waals surface area contributed by atoms with Crippen molar-refractivity contribution in [2.75, 3.05) is 26.4 Å². The van der Waals surface area contributed by atoms with Gasteiger partial charge >= 0.3 is 12.3 Å². The first-order valence-corrected chi connectivity index (χ1v) is 17.2. The highest BCUT2D eigenvalue weighted by Crippen LogP contribution is 2.33. The first-order valence-electron chi connectivity index (χ1n) is 15.8. The molecule has 0 spiro atoms. The molecule has 0 saturated carbocycles. The molecule has 2 aliphatic heterocycles. The summed E-state index contributed by atoms with van der Waals surface area (Å²) in [7, 11) is -4.45. The topological polar surface area (TPSA) is 179 Å². The average molecular weight is 742 g/mol. The summed E-state index contributed by atoms with van der Waals surface area (Å²) in [5, 5.41) is 20.9. The zero-order chi connectivity index (χ0) is 37.2. The van der Waals surface area contributed by atoms with E-state index in [1.54, 1.807) is 41.1 Å². The van der Waals surface area contributed by atoms with E-state index in [0.717, 1.165) is 33.3 Å². The van der Waals surface area contributed by atoms with E-state index in [4.69, 9.17) is 9.57 Å². The van der Waals surface area contributed by atoms with E-state index in [2.05, 4.69) is 10.4 Å². The van der Waals surface area contributed by atoms with E-state index in [0.29, 0.717) is 18.4 Å². The lowest BCUT2D eigenvalue weighted by Crippen LogP contribution is -2.42. The first kappa shape index (κ1) is 35.8. The number of hydrazine groups is 1. The molecule has 1 N–H and O–H groups in total. The van der Waals surface area contributed by atoms with Crippen LogP contribution in [0.15, 0.2) is 89.0 Å². The number of hydrogen-bond acceptors (Lipinski definition) is 10. The highest BCUT2D eigenvalue weighted by molar-refractivity contribution is 7.90. The third-order valence-electron chi connectivity index (χ3n) is 8.34. The van der Waals surface area contributed by atoms with E-state index >= 15 is 0 Å². The van der Waals surface area contributed by atoms with Crippen LogP contribution in [0.3, 0.4) is 0 Å². The number of sulfonamides is 1. The van der Waals surface area contributed by atoms with Gasteiger partial charge in [0.15, 0.2) is 5.69 Å². The van der Waals surface area contributed by atoms with Crippen molar-refractivity contribution in [3.8, 4) is 16.9 Å². The minimum Gasteiger partial charge on any atom is -0.569 e. The average Bonchev–Trinajstić information content (AvgIpc) is 3.68. The maximum Gasteiger partial charge on any atom is 0.435 e. The van der Waals surface area contributed by atoms with Gasteiger partial charge in [0.1, 0.15) is 0 Å². The molecule has 3 amide bonds. The lowest BCUT2D eigenvalue weighted by atomic mass is 10.0. The Morgan fingerprint density at radius 3 is 2.33 bits per heavy atom. The van der Waals surface area contributed by atoms with Crippen molar-refractivity contribution in [3.05, 3.63) is 106 Å². The minimum atomic E-state index is -4.72. The number of aromatic nitrogens is 2. The van der Waals surface area contributed by atoms with Crippen molar-refractivity contribution >= 4 is 27.9 Å². The summed E-state index contributed by atoms with van der Waals surface area (Å²) in [6.07, 6.45) is -4.97. The van der Waals surface area contributed by atoms with Crippen LogP contribution < -0.4 is 4.72 Å². The largest absolute Gasteiger partial charge is 0.569 e. The number of nitrogens with zero attached hydrogens (tertiary/aromatic N) is 6. The molecule has 1 saturated heterocycles. The molecule has 4 aromatic rings. The SMILES string of the molecule is Cc1ccc(-c2cc(C(F)(F)F)nn2-c2ccc(S(=O)(=O)NC(=O)OCC3CCCN(/[N+]([O-])=N/OCN4C(=O)c5ccccc5C4=O)C3)cc2)cc1. The number of rotatable bonds is 10. The van der Waals surface area contributed by atoms with Gasteiger partial charge in [0, 0.05) is 11.5 Å². The summed E-state index contributed by atoms with van der Waals surface area (Å²) in [5.74, 6) is -1.54. The second kappa shape index (κ2) is 14.3. The molecular weight excluding hydrogens is 711 g/mol. The van der Waals surface area contributed by atoms with Gasteiger partial charge in [0.05, 0.1) is 52.1 Å². The summed E-state index contributed by atoms with van der Waals surface area (Å²) in [6.45, 7) is 1.35. The summed E-state index contributed by atoms with van der Waals surface area (Å²) in [4.78, 5) is 43.0. The van der Waals surface area contributed by atoms with Gasteiger partial charge in [-0.1, -0.05) is 42.0 Å². The van der Waals surface area contributed by atoms with Crippen molar-refractivity contribution in [1.29, 1.82) is 0 Å². The van der Waals surface area contributed by atoms with Crippen LogP contribution in [-0.2, 0) is 25.8 Å². The molecule has 6 rings (SSSR count). The normalized spacial score (nSPS) is 16.5. The number of nitrogens with one attached hydrogen (secondary N) is 1. The third-order valence-corrected chi connectivity index (χ3v) is 9.67. The zero-order valence-electron chi connectivity index (χ0n) is 27.3. The second-order valence-electron chi connectivity index (χ2n) is 12.0. The molecule has 0 radical (unpaired) electrons. The predicted molar refractivity (Wildman–Crippen MR) is 174 cm³/mol. The maximum absolute atomic E-state index is 13.6. The maximum atomic E-state index is 13.6. The van der Waals surface area contributed by atoms with Crippen molar-refractivity contribution in [2.45, 2.75) is 30.8 Å². The quantitative estimate of drug-likeness (QED) is 0.100. The molecule has 3 aromatic carbocycles. The molecule has 2 aliphatic rings. The van der Waals surface area contributed by atoms with E-state index in [9.17, 15) is 41.2 Å². The first-order chi connectivity index (χ1) is 24.7. The number of piperidine rings is 1. The zero-order valence-corrected chi connectivity index (χ0v) is 28.1. The number of fused-ring (bicyclic) bond motifs is 1. The smallest absolute Gasteiger partial charge is 0.435 e. The van der Waals surface area contributed by atoms with Crippen LogP contribution in [0.2, 0.25) is 0 Å². The molecule has 1 fully saturated rings. The molecule has 3 heterocycles. The highest BCUT2D eigenvalue weighted by atomic mass is 32.2. The summed E-state index contributed by atoms with van der Waals surface area (Å²) in [6, 6.07) is 18.6. The summed E-state index contributed by atoms with van der Waals surface area (Å²) >= 11 is 0. The minimum absolute atomic E-state index is 0.0684. The van der Waals surface area contributed by atoms with E-state index in [-0.39, 0.29) is 58.0 Å². The summed E-state index contributed by atoms with van der Waals surface area (Å²) in [5.41, 5.74) is 0.937. The van der Waals surface area contributed by atoms with Crippen molar-refractivity contribution < 1.29 is 50.5 Å². The molecule has 19 heteroatoms. The van der Waals surface area contributed by atoms with Crippen LogP contribution in [0.4, 0.5) is 18.0 Å². The summed E-state index contributed by atoms with van der Waals surface area (Å²) < 4.78 is 74.5. The number of hydrogen-bond donors (Lipinski definition) is 1. The number of alkyl halides is 3. The van der Waals surface area contributed by atoms with E-state index in [1.165, 1.54) is 29.3 Å². The van der Waals surface area contributed by atoms with Gasteiger partial charge in [-0.3, -0.25) is 9.59 Å². The van der Waals surface area contributed by atoms with Crippen molar-refractivity contribution in [2.24, 2.45) is 11.2 Å². The van der Waals surface area contributed by atoms with Crippen LogP contribution in [0.1, 0.15) is 44.8 Å². The highest BCUT2D eigenvalue weighted by Gasteiger charge is 2.37. The van der Waals surface area contributed by atoms with E-state index < -0.39 is 46.5 Å². The number of aryl methyl sites for hydroxylation is 1. The van der Waals surface area contributed by atoms with Crippen LogP contribution in [-0.4, -0.2) is 77.4 Å². The van der Waals surface area contributed by atoms with Gasteiger partial charge in [-0.15, -0.1) is 5.01 Å². The fourth-order valence-electron chi connectivity index (χ4n) is 5.68. The molecule has 272 valence electrons. The predicted octanol–water partition coefficient (Wildman–Crippen LogP) is 5.06. The molecule has 0 aliphatic carbocycles. The number of carbonyl (C=O) groups excluding carboxylic acids is 3. The third kappa shape index (κ3) is 7.68. The van der Waals surface area contributed by atoms with Gasteiger partial charge < -0.3 is 14.8 Å². The number of carbonyl (C=O) groups is 3. The lowest BCUT2D eigenvalue weighted by Gasteiger charge is -2.28. The number of ether oxygens (including phenoxy) is 1. The van der Waals surface area contributed by atoms with Crippen molar-refractivity contribution in [1.82, 2.24) is 24.4 Å². The fourth-order valence-corrected chi connectivity index (χ4v) is 6.57. The Kier molecular flexibility index (Phi) is 9.88. The Balaban J connectivity index is 1.03. The van der Waals surface area contributed by atoms with Gasteiger partial charge in [-0.05, 0) is 62.2 Å². The second-order valence-corrected chi connectivity index (χ2v) is 13.7. The Morgan fingerprint density at radius 1 is 1.04 bits per heavy atom. The van der Waals surface area contributed by atoms with Crippen LogP contribution >= 0.6 is 0 Å². The van der Waals surface area contributed by atoms with Crippen LogP contribution in [0.5, 0.6) is 0 Å². The Labute approximate surface area is 294 Å². The lowest BCUT2D eigenvalue weighted by molar-refractivity contribution is -0.714. The van der Waals surface area contributed by atoms with Gasteiger partial charge in [-0.2, -0.15) is 18.3 Å². The molecule has 15 nitrogen and oxygen atoms in total. The number of benzene rings is 3. The molecule has 1 aromatic heterocycles. The molecule has 0 bridgehead atoms. The standard InChI is InChI=1S/C33H30F3N7O8S/c1-21-8-10-23(11-9-21)28-17-29(33(34,35)36)37-42(28)24-12-14-25(15-13-24)52(48,49)38-32(46)50-19-22-5-4-16-40(18-22)43(47)39-51-20-41-30(44)26-6-2-3-7-27(26)31(41)45/h2-3,6-15,17,22H,4-5,16,18-20H2,1H3,(H,38,46)/b43-39-. The van der Waals surface area contributed by atoms with Gasteiger partial charge in [0.2, 0.25) is 12.0 Å². The van der Waals surface area contributed by atoms with Crippen LogP contribution in [0.25, 0.3) is 16.9 Å². The number of amides is 3.